The average molecular weight is 301 g/mol. The van der Waals surface area contributed by atoms with E-state index in [1.165, 1.54) is 0 Å². The number of aliphatic hydroxyl groups is 1. The monoisotopic (exact) mass is 300 g/mol. The van der Waals surface area contributed by atoms with Gasteiger partial charge in [-0.25, -0.2) is 0 Å². The van der Waals surface area contributed by atoms with Crippen molar-refractivity contribution in [2.75, 3.05) is 14.2 Å². The normalized spacial score (nSPS) is 24.3. The van der Waals surface area contributed by atoms with E-state index in [1.807, 2.05) is 12.1 Å². The Bertz CT molecular complexity index is 419. The van der Waals surface area contributed by atoms with Crippen LogP contribution < -0.4 is 9.47 Å². The van der Waals surface area contributed by atoms with Gasteiger partial charge in [0.05, 0.1) is 24.8 Å². The fraction of sp³-hybridized carbons (Fsp3) is 0.538. The molecule has 0 spiro atoms. The number of aliphatic hydroxyl groups excluding tert-OH is 1. The van der Waals surface area contributed by atoms with Crippen LogP contribution in [0.25, 0.3) is 0 Å². The van der Waals surface area contributed by atoms with Crippen LogP contribution in [0.1, 0.15) is 25.0 Å². The van der Waals surface area contributed by atoms with Crippen molar-refractivity contribution in [3.05, 3.63) is 22.2 Å². The zero-order chi connectivity index (χ0) is 12.6. The highest BCUT2D eigenvalue weighted by molar-refractivity contribution is 9.10. The molecule has 1 aliphatic carbocycles. The summed E-state index contributed by atoms with van der Waals surface area (Å²) in [5.74, 6) is 2.34. The van der Waals surface area contributed by atoms with Gasteiger partial charge in [0.2, 0.25) is 0 Å². The van der Waals surface area contributed by atoms with E-state index in [0.29, 0.717) is 23.3 Å². The van der Waals surface area contributed by atoms with E-state index >= 15 is 0 Å². The average Bonchev–Trinajstić information content (AvgIpc) is 3.05. The fourth-order valence-electron chi connectivity index (χ4n) is 2.14. The van der Waals surface area contributed by atoms with E-state index < -0.39 is 6.10 Å². The van der Waals surface area contributed by atoms with E-state index in [0.717, 1.165) is 16.5 Å². The summed E-state index contributed by atoms with van der Waals surface area (Å²) in [4.78, 5) is 0. The van der Waals surface area contributed by atoms with Crippen LogP contribution in [-0.4, -0.2) is 19.3 Å². The summed E-state index contributed by atoms with van der Waals surface area (Å²) in [5.41, 5.74) is 0.807. The van der Waals surface area contributed by atoms with Crippen LogP contribution in [0, 0.1) is 11.8 Å². The van der Waals surface area contributed by atoms with Gasteiger partial charge in [0, 0.05) is 5.56 Å². The number of benzene rings is 1. The van der Waals surface area contributed by atoms with Crippen LogP contribution in [0.4, 0.5) is 0 Å². The molecule has 1 N–H and O–H groups in total. The molecule has 3 atom stereocenters. The summed E-state index contributed by atoms with van der Waals surface area (Å²) in [5, 5.41) is 10.3. The first kappa shape index (κ1) is 12.7. The Balaban J connectivity index is 2.36. The topological polar surface area (TPSA) is 38.7 Å². The summed E-state index contributed by atoms with van der Waals surface area (Å²) in [6.45, 7) is 2.15. The maximum Gasteiger partial charge on any atom is 0.133 e. The molecule has 0 radical (unpaired) electrons. The lowest BCUT2D eigenvalue weighted by atomic mass is 10.0. The molecular weight excluding hydrogens is 284 g/mol. The van der Waals surface area contributed by atoms with Crippen LogP contribution in [0.15, 0.2) is 16.6 Å². The quantitative estimate of drug-likeness (QED) is 0.928. The summed E-state index contributed by atoms with van der Waals surface area (Å²) in [6, 6.07) is 3.68. The van der Waals surface area contributed by atoms with Gasteiger partial charge in [-0.3, -0.25) is 0 Å². The number of ether oxygens (including phenoxy) is 2. The molecule has 0 amide bonds. The molecule has 1 saturated carbocycles. The zero-order valence-corrected chi connectivity index (χ0v) is 11.8. The van der Waals surface area contributed by atoms with Crippen molar-refractivity contribution in [2.24, 2.45) is 11.8 Å². The molecule has 3 unspecified atom stereocenters. The molecule has 4 heteroatoms. The van der Waals surface area contributed by atoms with Gasteiger partial charge in [0.1, 0.15) is 11.5 Å². The molecule has 0 aromatic heterocycles. The van der Waals surface area contributed by atoms with Crippen molar-refractivity contribution in [1.29, 1.82) is 0 Å². The van der Waals surface area contributed by atoms with E-state index in [-0.39, 0.29) is 0 Å². The van der Waals surface area contributed by atoms with Crippen LogP contribution in [0.5, 0.6) is 11.5 Å². The Hall–Kier alpha value is -0.740. The maximum absolute atomic E-state index is 10.3. The Morgan fingerprint density at radius 2 is 1.88 bits per heavy atom. The van der Waals surface area contributed by atoms with Crippen molar-refractivity contribution in [3.8, 4) is 11.5 Å². The van der Waals surface area contributed by atoms with Crippen LogP contribution in [-0.2, 0) is 0 Å². The van der Waals surface area contributed by atoms with E-state index in [2.05, 4.69) is 22.9 Å². The van der Waals surface area contributed by atoms with Gasteiger partial charge < -0.3 is 14.6 Å². The second kappa shape index (κ2) is 4.86. The second-order valence-corrected chi connectivity index (χ2v) is 5.40. The minimum atomic E-state index is -0.470. The van der Waals surface area contributed by atoms with Crippen LogP contribution in [0.2, 0.25) is 0 Å². The van der Waals surface area contributed by atoms with Gasteiger partial charge in [-0.05, 0) is 46.3 Å². The number of rotatable bonds is 4. The molecule has 0 heterocycles. The number of hydrogen-bond acceptors (Lipinski definition) is 3. The lowest BCUT2D eigenvalue weighted by molar-refractivity contribution is 0.144. The number of methoxy groups -OCH3 is 2. The van der Waals surface area contributed by atoms with Crippen molar-refractivity contribution in [2.45, 2.75) is 19.4 Å². The lowest BCUT2D eigenvalue weighted by Gasteiger charge is -2.16. The van der Waals surface area contributed by atoms with Gasteiger partial charge in [0.15, 0.2) is 0 Å². The maximum atomic E-state index is 10.3. The minimum Gasteiger partial charge on any atom is -0.496 e. The van der Waals surface area contributed by atoms with Crippen molar-refractivity contribution in [1.82, 2.24) is 0 Å². The SMILES string of the molecule is COc1cc(C(O)C2CC2C)c(OC)cc1Br. The summed E-state index contributed by atoms with van der Waals surface area (Å²) in [7, 11) is 3.23. The second-order valence-electron chi connectivity index (χ2n) is 4.55. The highest BCUT2D eigenvalue weighted by Crippen LogP contribution is 2.49. The first-order chi connectivity index (χ1) is 8.08. The van der Waals surface area contributed by atoms with Gasteiger partial charge in [0.25, 0.3) is 0 Å². The molecule has 1 aliphatic rings. The van der Waals surface area contributed by atoms with Crippen LogP contribution in [0.3, 0.4) is 0 Å². The first-order valence-corrected chi connectivity index (χ1v) is 6.47. The minimum absolute atomic E-state index is 0.342. The fourth-order valence-corrected chi connectivity index (χ4v) is 2.62. The molecule has 17 heavy (non-hydrogen) atoms. The van der Waals surface area contributed by atoms with Gasteiger partial charge >= 0.3 is 0 Å². The Morgan fingerprint density at radius 3 is 2.35 bits per heavy atom. The summed E-state index contributed by atoms with van der Waals surface area (Å²) in [6.07, 6.45) is 0.602. The molecule has 0 bridgehead atoms. The molecule has 1 fully saturated rings. The van der Waals surface area contributed by atoms with E-state index in [1.54, 1.807) is 14.2 Å². The van der Waals surface area contributed by atoms with Gasteiger partial charge in [-0.1, -0.05) is 6.92 Å². The Labute approximate surface area is 110 Å². The van der Waals surface area contributed by atoms with Crippen LogP contribution >= 0.6 is 15.9 Å². The third-order valence-corrected chi connectivity index (χ3v) is 4.02. The predicted octanol–water partition coefficient (Wildman–Crippen LogP) is 3.16. The van der Waals surface area contributed by atoms with Crippen molar-refractivity contribution in [3.63, 3.8) is 0 Å². The predicted molar refractivity (Wildman–Crippen MR) is 69.5 cm³/mol. The Morgan fingerprint density at radius 1 is 1.29 bits per heavy atom. The lowest BCUT2D eigenvalue weighted by Crippen LogP contribution is -2.04. The van der Waals surface area contributed by atoms with Gasteiger partial charge in [-0.15, -0.1) is 0 Å². The molecule has 2 rings (SSSR count). The highest BCUT2D eigenvalue weighted by atomic mass is 79.9. The number of hydrogen-bond donors (Lipinski definition) is 1. The highest BCUT2D eigenvalue weighted by Gasteiger charge is 2.40. The molecule has 1 aromatic rings. The third-order valence-electron chi connectivity index (χ3n) is 3.40. The standard InChI is InChI=1S/C13H17BrO3/c1-7-4-8(7)13(15)9-5-12(17-3)10(14)6-11(9)16-2/h5-8,13,15H,4H2,1-3H3. The van der Waals surface area contributed by atoms with E-state index in [9.17, 15) is 5.11 Å². The zero-order valence-electron chi connectivity index (χ0n) is 10.2. The summed E-state index contributed by atoms with van der Waals surface area (Å²) >= 11 is 3.41. The molecule has 0 saturated heterocycles. The number of halogens is 1. The van der Waals surface area contributed by atoms with Gasteiger partial charge in [-0.2, -0.15) is 0 Å². The van der Waals surface area contributed by atoms with Crippen molar-refractivity contribution < 1.29 is 14.6 Å². The van der Waals surface area contributed by atoms with E-state index in [4.69, 9.17) is 9.47 Å². The smallest absolute Gasteiger partial charge is 0.133 e. The molecule has 3 nitrogen and oxygen atoms in total. The molecule has 94 valence electrons. The van der Waals surface area contributed by atoms with Crippen molar-refractivity contribution >= 4 is 15.9 Å². The largest absolute Gasteiger partial charge is 0.496 e. The summed E-state index contributed by atoms with van der Waals surface area (Å²) < 4.78 is 11.4. The molecule has 0 aliphatic heterocycles. The molecular formula is C13H17BrO3. The molecule has 1 aromatic carbocycles. The third kappa shape index (κ3) is 2.43. The Kier molecular flexibility index (Phi) is 3.64. The first-order valence-electron chi connectivity index (χ1n) is 5.68.